The van der Waals surface area contributed by atoms with Crippen LogP contribution in [-0.4, -0.2) is 62.7 Å². The molecule has 3 aromatic carbocycles. The molecule has 0 aliphatic carbocycles. The first-order chi connectivity index (χ1) is 17.0. The number of ether oxygens (including phenoxy) is 3. The van der Waals surface area contributed by atoms with Crippen molar-refractivity contribution < 1.29 is 19.0 Å². The minimum absolute atomic E-state index is 0.0997. The van der Waals surface area contributed by atoms with Gasteiger partial charge in [0.1, 0.15) is 5.75 Å². The van der Waals surface area contributed by atoms with Crippen LogP contribution in [0.4, 0.5) is 0 Å². The summed E-state index contributed by atoms with van der Waals surface area (Å²) in [5.41, 5.74) is 1.15. The van der Waals surface area contributed by atoms with E-state index in [-0.39, 0.29) is 11.9 Å². The summed E-state index contributed by atoms with van der Waals surface area (Å²) >= 11 is 3.94. The molecule has 0 unspecified atom stereocenters. The Kier molecular flexibility index (Phi) is 8.07. The number of fused-ring (bicyclic) bond motifs is 3. The number of hydrogen-bond acceptors (Lipinski definition) is 5. The van der Waals surface area contributed by atoms with Gasteiger partial charge in [0.15, 0.2) is 11.5 Å². The number of amides is 1. The first-order valence-electron chi connectivity index (χ1n) is 12.3. The smallest absolute Gasteiger partial charge is 0.239 e. The fourth-order valence-electron chi connectivity index (χ4n) is 5.26. The van der Waals surface area contributed by atoms with Crippen molar-refractivity contribution in [1.29, 1.82) is 0 Å². The zero-order valence-corrected chi connectivity index (χ0v) is 22.9. The van der Waals surface area contributed by atoms with Crippen LogP contribution in [-0.2, 0) is 11.3 Å². The molecule has 1 aliphatic rings. The molecule has 3 aromatic rings. The highest BCUT2D eigenvalue weighted by molar-refractivity contribution is 9.10. The Morgan fingerprint density at radius 2 is 1.60 bits per heavy atom. The van der Waals surface area contributed by atoms with Gasteiger partial charge in [-0.05, 0) is 107 Å². The molecule has 7 heteroatoms. The van der Waals surface area contributed by atoms with E-state index in [0.29, 0.717) is 18.0 Å². The molecule has 1 atom stereocenters. The molecular weight excluding hydrogens is 508 g/mol. The Bertz CT molecular complexity index is 1230. The molecule has 0 N–H and O–H groups in total. The number of carbonyl (C=O) groups excluding carboxylic acids is 1. The second-order valence-corrected chi connectivity index (χ2v) is 9.74. The van der Waals surface area contributed by atoms with Crippen molar-refractivity contribution in [3.8, 4) is 17.2 Å². The summed E-state index contributed by atoms with van der Waals surface area (Å²) in [7, 11) is 5.00. The van der Waals surface area contributed by atoms with Gasteiger partial charge in [-0.3, -0.25) is 9.69 Å². The fourth-order valence-corrected chi connectivity index (χ4v) is 5.95. The van der Waals surface area contributed by atoms with Crippen LogP contribution in [0.5, 0.6) is 17.2 Å². The van der Waals surface area contributed by atoms with Crippen LogP contribution in [0.15, 0.2) is 34.8 Å². The van der Waals surface area contributed by atoms with Gasteiger partial charge in [-0.1, -0.05) is 6.42 Å². The number of likely N-dealkylation sites (tertiary alicyclic amines) is 1. The van der Waals surface area contributed by atoms with Crippen LogP contribution in [0.1, 0.15) is 38.7 Å². The Morgan fingerprint density at radius 1 is 0.943 bits per heavy atom. The van der Waals surface area contributed by atoms with Crippen molar-refractivity contribution in [3.63, 3.8) is 0 Å². The zero-order chi connectivity index (χ0) is 25.1. The van der Waals surface area contributed by atoms with E-state index in [1.54, 1.807) is 21.3 Å². The van der Waals surface area contributed by atoms with Crippen LogP contribution in [0.2, 0.25) is 0 Å². The molecule has 0 radical (unpaired) electrons. The number of likely N-dealkylation sites (N-methyl/N-ethyl adjacent to an activating group) is 1. The Hall–Kier alpha value is -2.51. The lowest BCUT2D eigenvalue weighted by Crippen LogP contribution is -2.50. The number of methoxy groups -OCH3 is 3. The third-order valence-corrected chi connectivity index (χ3v) is 8.11. The zero-order valence-electron chi connectivity index (χ0n) is 21.3. The van der Waals surface area contributed by atoms with Crippen molar-refractivity contribution in [2.45, 2.75) is 45.7 Å². The van der Waals surface area contributed by atoms with Crippen LogP contribution >= 0.6 is 15.9 Å². The summed E-state index contributed by atoms with van der Waals surface area (Å²) in [6.45, 7) is 7.15. The average molecular weight is 544 g/mol. The maximum atomic E-state index is 13.4. The molecule has 35 heavy (non-hydrogen) atoms. The second-order valence-electron chi connectivity index (χ2n) is 8.95. The van der Waals surface area contributed by atoms with Crippen molar-refractivity contribution in [2.75, 3.05) is 41.0 Å². The van der Waals surface area contributed by atoms with Crippen molar-refractivity contribution in [3.05, 3.63) is 40.4 Å². The molecule has 0 aromatic heterocycles. The predicted octanol–water partition coefficient (Wildman–Crippen LogP) is 6.00. The monoisotopic (exact) mass is 542 g/mol. The van der Waals surface area contributed by atoms with E-state index >= 15 is 0 Å². The van der Waals surface area contributed by atoms with Gasteiger partial charge in [-0.15, -0.1) is 0 Å². The molecule has 1 saturated heterocycles. The standard InChI is InChI=1S/C28H35BrN2O4/c1-6-30(7-2)28(32)24-10-8-9-13-31(24)17-23-22-16-26(35-5)25(34-4)15-21(22)20-14-18(33-3)11-12-19(20)27(23)29/h11-12,14-16,24H,6-10,13,17H2,1-5H3/t24-/m1/s1. The Labute approximate surface area is 216 Å². The maximum Gasteiger partial charge on any atom is 0.239 e. The predicted molar refractivity (Wildman–Crippen MR) is 145 cm³/mol. The number of piperidine rings is 1. The summed E-state index contributed by atoms with van der Waals surface area (Å²) in [4.78, 5) is 17.7. The van der Waals surface area contributed by atoms with E-state index in [9.17, 15) is 4.79 Å². The van der Waals surface area contributed by atoms with E-state index in [1.165, 1.54) is 0 Å². The summed E-state index contributed by atoms with van der Waals surface area (Å²) in [5.74, 6) is 2.41. The van der Waals surface area contributed by atoms with Crippen molar-refractivity contribution in [1.82, 2.24) is 9.80 Å². The highest BCUT2D eigenvalue weighted by atomic mass is 79.9. The summed E-state index contributed by atoms with van der Waals surface area (Å²) in [5, 5.41) is 4.32. The molecule has 1 heterocycles. The van der Waals surface area contributed by atoms with Gasteiger partial charge >= 0.3 is 0 Å². The molecule has 6 nitrogen and oxygen atoms in total. The topological polar surface area (TPSA) is 51.2 Å². The SMILES string of the molecule is CCN(CC)C(=O)[C@H]1CCCCN1Cc1c(Br)c2ccc(OC)cc2c2cc(OC)c(OC)cc12. The second kappa shape index (κ2) is 11.0. The number of carbonyl (C=O) groups is 1. The molecule has 0 saturated carbocycles. The van der Waals surface area contributed by atoms with Gasteiger partial charge in [0.25, 0.3) is 0 Å². The number of benzene rings is 3. The summed E-state index contributed by atoms with van der Waals surface area (Å²) < 4.78 is 17.9. The minimum Gasteiger partial charge on any atom is -0.497 e. The number of nitrogens with zero attached hydrogens (tertiary/aromatic N) is 2. The number of hydrogen-bond donors (Lipinski definition) is 0. The van der Waals surface area contributed by atoms with Crippen LogP contribution < -0.4 is 14.2 Å². The van der Waals surface area contributed by atoms with Crippen LogP contribution in [0, 0.1) is 0 Å². The molecule has 0 spiro atoms. The number of rotatable bonds is 8. The lowest BCUT2D eigenvalue weighted by molar-refractivity contribution is -0.138. The third kappa shape index (κ3) is 4.81. The van der Waals surface area contributed by atoms with Gasteiger partial charge in [-0.2, -0.15) is 0 Å². The Balaban J connectivity index is 1.90. The molecular formula is C28H35BrN2O4. The average Bonchev–Trinajstić information content (AvgIpc) is 2.90. The maximum absolute atomic E-state index is 13.4. The largest absolute Gasteiger partial charge is 0.497 e. The fraction of sp³-hybridized carbons (Fsp3) is 0.464. The van der Waals surface area contributed by atoms with Gasteiger partial charge < -0.3 is 19.1 Å². The number of halogens is 1. The van der Waals surface area contributed by atoms with Crippen molar-refractivity contribution >= 4 is 43.4 Å². The molecule has 1 aliphatic heterocycles. The summed E-state index contributed by atoms with van der Waals surface area (Å²) in [6.07, 6.45) is 3.07. The summed E-state index contributed by atoms with van der Waals surface area (Å²) in [6, 6.07) is 10.1. The lowest BCUT2D eigenvalue weighted by atomic mass is 9.94. The van der Waals surface area contributed by atoms with Gasteiger partial charge in [0, 0.05) is 24.1 Å². The quantitative estimate of drug-likeness (QED) is 0.326. The Morgan fingerprint density at radius 3 is 2.23 bits per heavy atom. The normalized spacial score (nSPS) is 16.5. The van der Waals surface area contributed by atoms with E-state index in [4.69, 9.17) is 14.2 Å². The van der Waals surface area contributed by atoms with Crippen LogP contribution in [0.25, 0.3) is 21.5 Å². The first-order valence-corrected chi connectivity index (χ1v) is 13.1. The molecule has 1 amide bonds. The van der Waals surface area contributed by atoms with Crippen molar-refractivity contribution in [2.24, 2.45) is 0 Å². The first kappa shape index (κ1) is 25.6. The highest BCUT2D eigenvalue weighted by Gasteiger charge is 2.32. The molecule has 188 valence electrons. The molecule has 1 fully saturated rings. The van der Waals surface area contributed by atoms with Crippen LogP contribution in [0.3, 0.4) is 0 Å². The van der Waals surface area contributed by atoms with E-state index in [0.717, 1.165) is 76.2 Å². The highest BCUT2D eigenvalue weighted by Crippen LogP contribution is 2.43. The van der Waals surface area contributed by atoms with E-state index in [1.807, 2.05) is 17.0 Å². The molecule has 0 bridgehead atoms. The molecule has 4 rings (SSSR count). The van der Waals surface area contributed by atoms with E-state index < -0.39 is 0 Å². The van der Waals surface area contributed by atoms with E-state index in [2.05, 4.69) is 52.9 Å². The van der Waals surface area contributed by atoms with Gasteiger partial charge in [0.05, 0.1) is 27.4 Å². The van der Waals surface area contributed by atoms with Gasteiger partial charge in [0.2, 0.25) is 5.91 Å². The third-order valence-electron chi connectivity index (χ3n) is 7.20. The lowest BCUT2D eigenvalue weighted by Gasteiger charge is -2.37. The van der Waals surface area contributed by atoms with Gasteiger partial charge in [-0.25, -0.2) is 0 Å². The minimum atomic E-state index is -0.0997.